The van der Waals surface area contributed by atoms with Crippen molar-refractivity contribution >= 4 is 5.91 Å². The first-order valence-electron chi connectivity index (χ1n) is 8.87. The largest absolute Gasteiger partial charge is 0.388 e. The van der Waals surface area contributed by atoms with Gasteiger partial charge in [0.2, 0.25) is 5.91 Å². The number of benzene rings is 2. The van der Waals surface area contributed by atoms with Gasteiger partial charge in [0.1, 0.15) is 0 Å². The van der Waals surface area contributed by atoms with Crippen molar-refractivity contribution in [3.63, 3.8) is 0 Å². The van der Waals surface area contributed by atoms with E-state index in [4.69, 9.17) is 5.73 Å². The Bertz CT molecular complexity index is 1020. The summed E-state index contributed by atoms with van der Waals surface area (Å²) in [5.41, 5.74) is 11.3. The van der Waals surface area contributed by atoms with E-state index in [0.29, 0.717) is 5.56 Å². The van der Waals surface area contributed by atoms with Crippen LogP contribution in [0.25, 0.3) is 11.3 Å². The molecule has 0 bridgehead atoms. The van der Waals surface area contributed by atoms with E-state index in [-0.39, 0.29) is 12.0 Å². The highest BCUT2D eigenvalue weighted by atomic mass is 16.3. The molecule has 2 heterocycles. The number of aryl methyl sites for hydroxylation is 1. The maximum atomic E-state index is 11.4. The van der Waals surface area contributed by atoms with E-state index in [9.17, 15) is 9.90 Å². The van der Waals surface area contributed by atoms with Crippen molar-refractivity contribution in [2.24, 2.45) is 11.7 Å². The third-order valence-electron chi connectivity index (χ3n) is 5.83. The number of aliphatic hydroxyl groups is 1. The number of hydrogen-bond donors (Lipinski definition) is 2. The highest BCUT2D eigenvalue weighted by Crippen LogP contribution is 2.49. The van der Waals surface area contributed by atoms with E-state index < -0.39 is 12.0 Å². The van der Waals surface area contributed by atoms with Crippen LogP contribution in [0.15, 0.2) is 55.0 Å². The van der Waals surface area contributed by atoms with E-state index in [0.717, 1.165) is 29.7 Å². The van der Waals surface area contributed by atoms with Crippen LogP contribution < -0.4 is 5.73 Å². The van der Waals surface area contributed by atoms with Crippen LogP contribution in [-0.4, -0.2) is 20.6 Å². The minimum Gasteiger partial charge on any atom is -0.388 e. The molecule has 1 aromatic heterocycles. The summed E-state index contributed by atoms with van der Waals surface area (Å²) in [6.45, 7) is 0. The Hall–Kier alpha value is -2.92. The number of primary amides is 1. The van der Waals surface area contributed by atoms with Crippen molar-refractivity contribution in [2.75, 3.05) is 0 Å². The zero-order valence-electron chi connectivity index (χ0n) is 14.2. The van der Waals surface area contributed by atoms with Crippen molar-refractivity contribution in [3.8, 4) is 11.3 Å². The molecule has 5 nitrogen and oxygen atoms in total. The van der Waals surface area contributed by atoms with Gasteiger partial charge in [-0.1, -0.05) is 30.3 Å². The average molecular weight is 345 g/mol. The van der Waals surface area contributed by atoms with Gasteiger partial charge in [0.15, 0.2) is 0 Å². The topological polar surface area (TPSA) is 81.1 Å². The van der Waals surface area contributed by atoms with Crippen LogP contribution in [-0.2, 0) is 6.42 Å². The number of aromatic nitrogens is 2. The van der Waals surface area contributed by atoms with Crippen LogP contribution in [0.1, 0.15) is 45.6 Å². The summed E-state index contributed by atoms with van der Waals surface area (Å²) < 4.78 is 2.18. The number of aliphatic hydroxyl groups excluding tert-OH is 1. The summed E-state index contributed by atoms with van der Waals surface area (Å²) in [7, 11) is 0. The molecule has 130 valence electrons. The smallest absolute Gasteiger partial charge is 0.248 e. The van der Waals surface area contributed by atoms with Gasteiger partial charge in [-0.25, -0.2) is 4.98 Å². The Balaban J connectivity index is 1.57. The van der Waals surface area contributed by atoms with Crippen molar-refractivity contribution < 1.29 is 9.90 Å². The quantitative estimate of drug-likeness (QED) is 0.749. The lowest BCUT2D eigenvalue weighted by Crippen LogP contribution is -2.29. The van der Waals surface area contributed by atoms with Crippen LogP contribution in [0.5, 0.6) is 0 Å². The summed E-state index contributed by atoms with van der Waals surface area (Å²) in [6.07, 6.45) is 4.82. The lowest BCUT2D eigenvalue weighted by Gasteiger charge is -2.35. The summed E-state index contributed by atoms with van der Waals surface area (Å²) in [4.78, 5) is 15.8. The van der Waals surface area contributed by atoms with Crippen LogP contribution >= 0.6 is 0 Å². The van der Waals surface area contributed by atoms with Gasteiger partial charge in [-0.15, -0.1) is 0 Å². The molecule has 0 unspecified atom stereocenters. The van der Waals surface area contributed by atoms with Gasteiger partial charge in [-0.2, -0.15) is 0 Å². The predicted molar refractivity (Wildman–Crippen MR) is 97.5 cm³/mol. The Morgan fingerprint density at radius 2 is 2.04 bits per heavy atom. The average Bonchev–Trinajstić information content (AvgIpc) is 3.23. The lowest BCUT2D eigenvalue weighted by molar-refractivity contribution is 0.0719. The van der Waals surface area contributed by atoms with Gasteiger partial charge in [-0.05, 0) is 41.7 Å². The number of carbonyl (C=O) groups is 1. The number of hydrogen-bond acceptors (Lipinski definition) is 3. The second kappa shape index (κ2) is 5.54. The monoisotopic (exact) mass is 345 g/mol. The highest BCUT2D eigenvalue weighted by Gasteiger charge is 2.40. The van der Waals surface area contributed by atoms with E-state index in [1.807, 2.05) is 36.8 Å². The number of carbonyl (C=O) groups excluding carboxylic acids is 1. The zero-order valence-corrected chi connectivity index (χ0v) is 14.2. The molecule has 0 radical (unpaired) electrons. The molecule has 3 aromatic rings. The number of nitrogens with two attached hydrogens (primary N) is 1. The van der Waals surface area contributed by atoms with Crippen molar-refractivity contribution in [2.45, 2.75) is 25.0 Å². The Morgan fingerprint density at radius 1 is 1.19 bits per heavy atom. The van der Waals surface area contributed by atoms with Gasteiger partial charge >= 0.3 is 0 Å². The minimum atomic E-state index is -0.591. The first-order chi connectivity index (χ1) is 12.6. The molecule has 1 amide bonds. The number of amides is 1. The third kappa shape index (κ3) is 2.07. The van der Waals surface area contributed by atoms with Crippen molar-refractivity contribution in [3.05, 3.63) is 77.2 Å². The second-order valence-electron chi connectivity index (χ2n) is 7.14. The fourth-order valence-corrected chi connectivity index (χ4v) is 4.62. The van der Waals surface area contributed by atoms with Crippen LogP contribution in [0.4, 0.5) is 0 Å². The predicted octanol–water partition coefficient (Wildman–Crippen LogP) is 2.85. The zero-order chi connectivity index (χ0) is 17.8. The summed E-state index contributed by atoms with van der Waals surface area (Å²) in [5.74, 6) is -0.379. The third-order valence-corrected chi connectivity index (χ3v) is 5.83. The van der Waals surface area contributed by atoms with Gasteiger partial charge in [0.25, 0.3) is 0 Å². The molecule has 2 aromatic carbocycles. The van der Waals surface area contributed by atoms with Crippen LogP contribution in [0, 0.1) is 5.92 Å². The molecule has 0 fully saturated rings. The Morgan fingerprint density at radius 3 is 2.88 bits per heavy atom. The summed E-state index contributed by atoms with van der Waals surface area (Å²) in [5, 5.41) is 11.1. The lowest BCUT2D eigenvalue weighted by atomic mass is 9.75. The molecule has 5 heteroatoms. The number of nitrogens with zero attached hydrogens (tertiary/aromatic N) is 2. The molecular formula is C21H19N3O2. The van der Waals surface area contributed by atoms with Gasteiger partial charge in [-0.3, -0.25) is 4.79 Å². The molecule has 5 rings (SSSR count). The fraction of sp³-hybridized carbons (Fsp3) is 0.238. The molecule has 0 spiro atoms. The van der Waals surface area contributed by atoms with Crippen molar-refractivity contribution in [1.29, 1.82) is 0 Å². The molecule has 26 heavy (non-hydrogen) atoms. The molecule has 1 aliphatic heterocycles. The maximum Gasteiger partial charge on any atom is 0.248 e. The van der Waals surface area contributed by atoms with Gasteiger partial charge in [0, 0.05) is 17.0 Å². The van der Waals surface area contributed by atoms with Gasteiger partial charge in [0.05, 0.1) is 30.4 Å². The fourth-order valence-electron chi connectivity index (χ4n) is 4.62. The molecule has 3 N–H and O–H groups in total. The molecule has 1 aliphatic carbocycles. The van der Waals surface area contributed by atoms with Crippen molar-refractivity contribution in [1.82, 2.24) is 9.55 Å². The Labute approximate surface area is 151 Å². The second-order valence-corrected chi connectivity index (χ2v) is 7.14. The van der Waals surface area contributed by atoms with Gasteiger partial charge < -0.3 is 15.4 Å². The van der Waals surface area contributed by atoms with E-state index in [1.165, 1.54) is 11.1 Å². The molecule has 0 saturated heterocycles. The number of imidazole rings is 1. The number of rotatable bonds is 2. The molecule has 2 aliphatic rings. The summed E-state index contributed by atoms with van der Waals surface area (Å²) in [6, 6.07) is 13.8. The molecule has 0 saturated carbocycles. The van der Waals surface area contributed by atoms with E-state index >= 15 is 0 Å². The van der Waals surface area contributed by atoms with E-state index in [1.54, 1.807) is 6.07 Å². The standard InChI is InChI=1S/C21H19N3O2/c22-21(26)13-6-7-14-12(9-13)5-8-17(20(14)25)19-16-4-2-1-3-15(16)18-10-23-11-24(18)19/h1-4,6-7,9-11,17,19-20,25H,5,8H2,(H2,22,26)/t17-,19+,20+/m1/s1. The highest BCUT2D eigenvalue weighted by molar-refractivity contribution is 5.93. The number of fused-ring (bicyclic) bond motifs is 4. The SMILES string of the molecule is NC(=O)c1ccc2c(c1)CC[C@H]([C@@H]1c3ccccc3-c3cncn31)[C@H]2O. The van der Waals surface area contributed by atoms with Crippen LogP contribution in [0.2, 0.25) is 0 Å². The van der Waals surface area contributed by atoms with Crippen LogP contribution in [0.3, 0.4) is 0 Å². The first-order valence-corrected chi connectivity index (χ1v) is 8.87. The molecule has 3 atom stereocenters. The Kier molecular flexibility index (Phi) is 3.27. The molecular weight excluding hydrogens is 326 g/mol. The first kappa shape index (κ1) is 15.3. The minimum absolute atomic E-state index is 0.0542. The van der Waals surface area contributed by atoms with E-state index in [2.05, 4.69) is 21.7 Å². The summed E-state index contributed by atoms with van der Waals surface area (Å²) >= 11 is 0. The normalized spacial score (nSPS) is 23.2. The maximum absolute atomic E-state index is 11.4.